The van der Waals surface area contributed by atoms with Gasteiger partial charge in [-0.2, -0.15) is 0 Å². The molecular weight excluding hydrogens is 219 g/mol. The van der Waals surface area contributed by atoms with E-state index in [9.17, 15) is 9.18 Å². The third-order valence-corrected chi connectivity index (χ3v) is 2.57. The van der Waals surface area contributed by atoms with Gasteiger partial charge in [0.15, 0.2) is 0 Å². The largest absolute Gasteiger partial charge is 0.478 e. The van der Waals surface area contributed by atoms with Crippen molar-refractivity contribution in [3.8, 4) is 11.1 Å². The van der Waals surface area contributed by atoms with E-state index in [0.29, 0.717) is 11.1 Å². The highest BCUT2D eigenvalue weighted by molar-refractivity contribution is 5.96. The van der Waals surface area contributed by atoms with Crippen LogP contribution in [-0.2, 0) is 0 Å². The molecule has 0 amide bonds. The third-order valence-electron chi connectivity index (χ3n) is 2.57. The molecular formula is C14H11FO2. The Morgan fingerprint density at radius 2 is 1.82 bits per heavy atom. The van der Waals surface area contributed by atoms with Gasteiger partial charge in [0.2, 0.25) is 0 Å². The Morgan fingerprint density at radius 3 is 2.47 bits per heavy atom. The molecule has 0 fully saturated rings. The maximum Gasteiger partial charge on any atom is 0.336 e. The quantitative estimate of drug-likeness (QED) is 0.857. The van der Waals surface area contributed by atoms with E-state index < -0.39 is 11.8 Å². The predicted molar refractivity (Wildman–Crippen MR) is 63.5 cm³/mol. The first-order valence-corrected chi connectivity index (χ1v) is 5.18. The highest BCUT2D eigenvalue weighted by atomic mass is 19.1. The summed E-state index contributed by atoms with van der Waals surface area (Å²) in [6.07, 6.45) is 0. The van der Waals surface area contributed by atoms with E-state index in [0.717, 1.165) is 5.56 Å². The lowest BCUT2D eigenvalue weighted by Crippen LogP contribution is -2.00. The van der Waals surface area contributed by atoms with Crippen LogP contribution in [-0.4, -0.2) is 11.1 Å². The topological polar surface area (TPSA) is 37.3 Å². The van der Waals surface area contributed by atoms with Gasteiger partial charge in [-0.05, 0) is 24.6 Å². The number of hydrogen-bond donors (Lipinski definition) is 1. The van der Waals surface area contributed by atoms with Crippen molar-refractivity contribution in [2.75, 3.05) is 0 Å². The molecule has 0 unspecified atom stereocenters. The van der Waals surface area contributed by atoms with E-state index in [-0.39, 0.29) is 5.56 Å². The Labute approximate surface area is 98.3 Å². The van der Waals surface area contributed by atoms with Crippen LogP contribution in [0.4, 0.5) is 4.39 Å². The molecule has 0 aliphatic rings. The second-order valence-corrected chi connectivity index (χ2v) is 3.83. The molecule has 86 valence electrons. The summed E-state index contributed by atoms with van der Waals surface area (Å²) in [5.74, 6) is -1.47. The van der Waals surface area contributed by atoms with E-state index >= 15 is 0 Å². The molecule has 3 heteroatoms. The monoisotopic (exact) mass is 230 g/mol. The molecule has 2 aromatic rings. The van der Waals surface area contributed by atoms with E-state index in [1.165, 1.54) is 12.1 Å². The number of benzene rings is 2. The fourth-order valence-corrected chi connectivity index (χ4v) is 1.75. The summed E-state index contributed by atoms with van der Waals surface area (Å²) in [6, 6.07) is 11.1. The Morgan fingerprint density at radius 1 is 1.12 bits per heavy atom. The van der Waals surface area contributed by atoms with E-state index in [1.807, 2.05) is 6.92 Å². The van der Waals surface area contributed by atoms with Crippen LogP contribution in [0.25, 0.3) is 11.1 Å². The molecule has 2 aromatic carbocycles. The van der Waals surface area contributed by atoms with Crippen molar-refractivity contribution >= 4 is 5.97 Å². The first kappa shape index (κ1) is 11.3. The van der Waals surface area contributed by atoms with Crippen LogP contribution in [0.15, 0.2) is 42.5 Å². The lowest BCUT2D eigenvalue weighted by molar-refractivity contribution is 0.0697. The molecule has 2 nitrogen and oxygen atoms in total. The van der Waals surface area contributed by atoms with Crippen LogP contribution in [0.3, 0.4) is 0 Å². The highest BCUT2D eigenvalue weighted by Gasteiger charge is 2.14. The van der Waals surface area contributed by atoms with Gasteiger partial charge in [0.05, 0.1) is 5.56 Å². The van der Waals surface area contributed by atoms with E-state index in [4.69, 9.17) is 5.11 Å². The van der Waals surface area contributed by atoms with Crippen LogP contribution in [0, 0.1) is 12.7 Å². The third kappa shape index (κ3) is 2.18. The zero-order chi connectivity index (χ0) is 12.4. The zero-order valence-corrected chi connectivity index (χ0v) is 9.27. The van der Waals surface area contributed by atoms with E-state index in [1.54, 1.807) is 30.3 Å². The number of hydrogen-bond acceptors (Lipinski definition) is 1. The summed E-state index contributed by atoms with van der Waals surface area (Å²) in [7, 11) is 0. The van der Waals surface area contributed by atoms with Crippen molar-refractivity contribution in [3.63, 3.8) is 0 Å². The summed E-state index contributed by atoms with van der Waals surface area (Å²) in [5, 5.41) is 9.09. The minimum atomic E-state index is -1.05. The molecule has 1 N–H and O–H groups in total. The van der Waals surface area contributed by atoms with Crippen molar-refractivity contribution in [2.24, 2.45) is 0 Å². The number of aryl methyl sites for hydroxylation is 1. The minimum Gasteiger partial charge on any atom is -0.478 e. The SMILES string of the molecule is Cc1ccc(C(=O)O)c(-c2ccccc2F)c1. The summed E-state index contributed by atoms with van der Waals surface area (Å²) in [6.45, 7) is 1.84. The summed E-state index contributed by atoms with van der Waals surface area (Å²) >= 11 is 0. The summed E-state index contributed by atoms with van der Waals surface area (Å²) < 4.78 is 13.7. The second kappa shape index (κ2) is 4.37. The molecule has 0 radical (unpaired) electrons. The molecule has 0 aliphatic carbocycles. The molecule has 0 saturated heterocycles. The highest BCUT2D eigenvalue weighted by Crippen LogP contribution is 2.27. The summed E-state index contributed by atoms with van der Waals surface area (Å²) in [4.78, 5) is 11.1. The van der Waals surface area contributed by atoms with Crippen LogP contribution >= 0.6 is 0 Å². The number of rotatable bonds is 2. The molecule has 0 atom stereocenters. The number of carboxylic acids is 1. The summed E-state index contributed by atoms with van der Waals surface area (Å²) in [5.41, 5.74) is 1.73. The molecule has 17 heavy (non-hydrogen) atoms. The molecule has 2 rings (SSSR count). The van der Waals surface area contributed by atoms with Crippen molar-refractivity contribution in [2.45, 2.75) is 6.92 Å². The predicted octanol–water partition coefficient (Wildman–Crippen LogP) is 3.50. The van der Waals surface area contributed by atoms with Crippen LogP contribution < -0.4 is 0 Å². The maximum atomic E-state index is 13.7. The van der Waals surface area contributed by atoms with Gasteiger partial charge < -0.3 is 5.11 Å². The van der Waals surface area contributed by atoms with Gasteiger partial charge in [0, 0.05) is 5.56 Å². The molecule has 0 aromatic heterocycles. The smallest absolute Gasteiger partial charge is 0.336 e. The second-order valence-electron chi connectivity index (χ2n) is 3.83. The normalized spacial score (nSPS) is 10.2. The van der Waals surface area contributed by atoms with Crippen molar-refractivity contribution in [3.05, 3.63) is 59.4 Å². The van der Waals surface area contributed by atoms with Crippen LogP contribution in [0.2, 0.25) is 0 Å². The average Bonchev–Trinajstić information content (AvgIpc) is 2.29. The Kier molecular flexibility index (Phi) is 2.91. The Hall–Kier alpha value is -2.16. The fraction of sp³-hybridized carbons (Fsp3) is 0.0714. The van der Waals surface area contributed by atoms with Gasteiger partial charge in [0.1, 0.15) is 5.82 Å². The van der Waals surface area contributed by atoms with Gasteiger partial charge in [-0.1, -0.05) is 35.9 Å². The fourth-order valence-electron chi connectivity index (χ4n) is 1.75. The molecule has 0 saturated carbocycles. The van der Waals surface area contributed by atoms with E-state index in [2.05, 4.69) is 0 Å². The Bertz CT molecular complexity index is 576. The minimum absolute atomic E-state index is 0.112. The standard InChI is InChI=1S/C14H11FO2/c1-9-6-7-11(14(16)17)12(8-9)10-4-2-3-5-13(10)15/h2-8H,1H3,(H,16,17). The first-order valence-electron chi connectivity index (χ1n) is 5.18. The molecule has 0 heterocycles. The molecule has 0 bridgehead atoms. The van der Waals surface area contributed by atoms with Crippen molar-refractivity contribution in [1.29, 1.82) is 0 Å². The van der Waals surface area contributed by atoms with Gasteiger partial charge in [-0.15, -0.1) is 0 Å². The maximum absolute atomic E-state index is 13.7. The van der Waals surface area contributed by atoms with Crippen molar-refractivity contribution in [1.82, 2.24) is 0 Å². The Balaban J connectivity index is 2.70. The number of halogens is 1. The van der Waals surface area contributed by atoms with Gasteiger partial charge >= 0.3 is 5.97 Å². The van der Waals surface area contributed by atoms with Crippen LogP contribution in [0.5, 0.6) is 0 Å². The first-order chi connectivity index (χ1) is 8.09. The molecule has 0 spiro atoms. The lowest BCUT2D eigenvalue weighted by Gasteiger charge is -2.08. The number of carboxylic acid groups (broad SMARTS) is 1. The number of carbonyl (C=O) groups is 1. The van der Waals surface area contributed by atoms with Gasteiger partial charge in [-0.25, -0.2) is 9.18 Å². The lowest BCUT2D eigenvalue weighted by atomic mass is 9.97. The zero-order valence-electron chi connectivity index (χ0n) is 9.27. The van der Waals surface area contributed by atoms with Gasteiger partial charge in [-0.3, -0.25) is 0 Å². The van der Waals surface area contributed by atoms with Crippen molar-refractivity contribution < 1.29 is 14.3 Å². The van der Waals surface area contributed by atoms with Gasteiger partial charge in [0.25, 0.3) is 0 Å². The average molecular weight is 230 g/mol. The van der Waals surface area contributed by atoms with Crippen LogP contribution in [0.1, 0.15) is 15.9 Å². The number of aromatic carboxylic acids is 1. The molecule has 0 aliphatic heterocycles.